The van der Waals surface area contributed by atoms with E-state index in [1.807, 2.05) is 37.3 Å². The number of carbonyl (C=O) groups is 3. The van der Waals surface area contributed by atoms with Crippen molar-refractivity contribution in [2.24, 2.45) is 11.8 Å². The Hall–Kier alpha value is -2.97. The first kappa shape index (κ1) is 29.0. The molecule has 0 saturated carbocycles. The van der Waals surface area contributed by atoms with Gasteiger partial charge in [0.25, 0.3) is 0 Å². The van der Waals surface area contributed by atoms with Crippen LogP contribution in [0.1, 0.15) is 57.6 Å². The molecule has 4 rings (SSSR count). The van der Waals surface area contributed by atoms with Gasteiger partial charge in [0.1, 0.15) is 11.6 Å². The van der Waals surface area contributed by atoms with Crippen molar-refractivity contribution < 1.29 is 24.2 Å². The fraction of sp³-hybridized carbons (Fsp3) is 0.581. The summed E-state index contributed by atoms with van der Waals surface area (Å²) in [7, 11) is 0. The predicted molar refractivity (Wildman–Crippen MR) is 149 cm³/mol. The van der Waals surface area contributed by atoms with Crippen molar-refractivity contribution >= 4 is 17.7 Å². The van der Waals surface area contributed by atoms with Crippen molar-refractivity contribution in [3.05, 3.63) is 61.2 Å². The van der Waals surface area contributed by atoms with E-state index in [0.717, 1.165) is 24.8 Å². The van der Waals surface area contributed by atoms with Gasteiger partial charge in [0.15, 0.2) is 0 Å². The molecule has 2 unspecified atom stereocenters. The van der Waals surface area contributed by atoms with E-state index in [-0.39, 0.29) is 24.3 Å². The molecule has 3 saturated heterocycles. The monoisotopic (exact) mass is 537 g/mol. The lowest BCUT2D eigenvalue weighted by Crippen LogP contribution is -2.57. The van der Waals surface area contributed by atoms with E-state index in [0.29, 0.717) is 39.0 Å². The van der Waals surface area contributed by atoms with Gasteiger partial charge in [-0.25, -0.2) is 0 Å². The highest BCUT2D eigenvalue weighted by molar-refractivity contribution is 5.99. The van der Waals surface area contributed by atoms with Gasteiger partial charge in [-0.1, -0.05) is 62.8 Å². The van der Waals surface area contributed by atoms with E-state index in [2.05, 4.69) is 20.1 Å². The maximum atomic E-state index is 14.5. The van der Waals surface area contributed by atoms with Gasteiger partial charge in [-0.15, -0.1) is 13.2 Å². The van der Waals surface area contributed by atoms with Crippen LogP contribution < -0.4 is 0 Å². The summed E-state index contributed by atoms with van der Waals surface area (Å²) < 4.78 is 6.63. The average Bonchev–Trinajstić information content (AvgIpc) is 3.59. The van der Waals surface area contributed by atoms with Gasteiger partial charge in [-0.05, 0) is 31.2 Å². The van der Waals surface area contributed by atoms with Crippen LogP contribution in [-0.4, -0.2) is 88.1 Å². The number of rotatable bonds is 14. The number of unbranched alkanes of at least 4 members (excludes halogenated alkanes) is 1. The second-order valence-electron chi connectivity index (χ2n) is 10.9. The molecule has 0 radical (unpaired) electrons. The lowest BCUT2D eigenvalue weighted by molar-refractivity contribution is -0.152. The first-order chi connectivity index (χ1) is 18.9. The van der Waals surface area contributed by atoms with Gasteiger partial charge in [-0.3, -0.25) is 14.4 Å². The normalized spacial score (nSPS) is 27.8. The second-order valence-corrected chi connectivity index (χ2v) is 10.9. The van der Waals surface area contributed by atoms with E-state index < -0.39 is 35.6 Å². The minimum absolute atomic E-state index is 0.121. The van der Waals surface area contributed by atoms with Crippen LogP contribution in [0.5, 0.6) is 0 Å². The van der Waals surface area contributed by atoms with Gasteiger partial charge in [0.2, 0.25) is 17.7 Å². The highest BCUT2D eigenvalue weighted by Gasteiger charge is 2.75. The Balaban J connectivity index is 1.81. The number of ether oxygens (including phenoxy) is 1. The Morgan fingerprint density at radius 1 is 1.10 bits per heavy atom. The number of likely N-dealkylation sites (tertiary alicyclic amines) is 1. The summed E-state index contributed by atoms with van der Waals surface area (Å²) in [6, 6.07) is 7.62. The molecular formula is C31H43N3O5. The smallest absolute Gasteiger partial charge is 0.248 e. The Bertz CT molecular complexity index is 1060. The van der Waals surface area contributed by atoms with E-state index in [1.165, 1.54) is 0 Å². The molecule has 0 aliphatic carbocycles. The van der Waals surface area contributed by atoms with E-state index in [9.17, 15) is 19.5 Å². The zero-order valence-electron chi connectivity index (χ0n) is 23.3. The molecule has 0 aromatic heterocycles. The maximum absolute atomic E-state index is 14.5. The molecule has 1 N–H and O–H groups in total. The van der Waals surface area contributed by atoms with Crippen molar-refractivity contribution in [3.8, 4) is 0 Å². The number of hydrogen-bond acceptors (Lipinski definition) is 5. The topological polar surface area (TPSA) is 90.4 Å². The summed E-state index contributed by atoms with van der Waals surface area (Å²) in [6.45, 7) is 13.2. The lowest BCUT2D eigenvalue weighted by atomic mass is 9.70. The molecule has 3 fully saturated rings. The summed E-state index contributed by atoms with van der Waals surface area (Å²) >= 11 is 0. The van der Waals surface area contributed by atoms with Crippen molar-refractivity contribution in [2.75, 3.05) is 32.8 Å². The first-order valence-electron chi connectivity index (χ1n) is 14.3. The van der Waals surface area contributed by atoms with Crippen LogP contribution >= 0.6 is 0 Å². The highest BCUT2D eigenvalue weighted by atomic mass is 16.5. The fourth-order valence-corrected chi connectivity index (χ4v) is 6.91. The van der Waals surface area contributed by atoms with Crippen LogP contribution in [0.4, 0.5) is 0 Å². The summed E-state index contributed by atoms with van der Waals surface area (Å²) in [5.74, 6) is -2.07. The SMILES string of the molecule is C=CCN(CCCC)C(=O)C1N([C@H](CO)c2ccccc2)C(=O)[C@@H]2[C@@H](C(=O)N(CC=C)CCC)[C@H]3CCC12O3. The van der Waals surface area contributed by atoms with Gasteiger partial charge in [-0.2, -0.15) is 0 Å². The van der Waals surface area contributed by atoms with Crippen LogP contribution in [0.2, 0.25) is 0 Å². The van der Waals surface area contributed by atoms with Crippen molar-refractivity contribution in [2.45, 2.75) is 69.7 Å². The Labute approximate surface area is 232 Å². The first-order valence-corrected chi connectivity index (χ1v) is 14.3. The van der Waals surface area contributed by atoms with Crippen molar-refractivity contribution in [1.82, 2.24) is 14.7 Å². The number of hydrogen-bond donors (Lipinski definition) is 1. The molecule has 8 heteroatoms. The zero-order valence-corrected chi connectivity index (χ0v) is 23.3. The Morgan fingerprint density at radius 3 is 2.36 bits per heavy atom. The van der Waals surface area contributed by atoms with Crippen LogP contribution in [0.3, 0.4) is 0 Å². The van der Waals surface area contributed by atoms with Crippen LogP contribution in [0.25, 0.3) is 0 Å². The van der Waals surface area contributed by atoms with E-state index >= 15 is 0 Å². The largest absolute Gasteiger partial charge is 0.394 e. The minimum atomic E-state index is -1.11. The summed E-state index contributed by atoms with van der Waals surface area (Å²) in [5.41, 5.74) is -0.373. The average molecular weight is 538 g/mol. The molecule has 3 heterocycles. The van der Waals surface area contributed by atoms with Crippen molar-refractivity contribution in [1.29, 1.82) is 0 Å². The highest BCUT2D eigenvalue weighted by Crippen LogP contribution is 2.60. The molecule has 1 aromatic rings. The third-order valence-corrected chi connectivity index (χ3v) is 8.55. The third-order valence-electron chi connectivity index (χ3n) is 8.55. The quantitative estimate of drug-likeness (QED) is 0.368. The predicted octanol–water partition coefficient (Wildman–Crippen LogP) is 3.33. The number of benzene rings is 1. The lowest BCUT2D eigenvalue weighted by Gasteiger charge is -2.39. The van der Waals surface area contributed by atoms with E-state index in [4.69, 9.17) is 4.74 Å². The number of fused-ring (bicyclic) bond motifs is 1. The molecule has 6 atom stereocenters. The summed E-state index contributed by atoms with van der Waals surface area (Å²) in [5, 5.41) is 10.6. The van der Waals surface area contributed by atoms with Gasteiger partial charge >= 0.3 is 0 Å². The zero-order chi connectivity index (χ0) is 28.2. The third kappa shape index (κ3) is 5.05. The van der Waals surface area contributed by atoms with E-state index in [1.54, 1.807) is 26.9 Å². The maximum Gasteiger partial charge on any atom is 0.248 e. The molecule has 3 aliphatic rings. The van der Waals surface area contributed by atoms with Crippen LogP contribution in [0.15, 0.2) is 55.6 Å². The fourth-order valence-electron chi connectivity index (χ4n) is 6.91. The molecule has 1 aromatic carbocycles. The number of aliphatic hydroxyl groups is 1. The molecule has 39 heavy (non-hydrogen) atoms. The van der Waals surface area contributed by atoms with Crippen molar-refractivity contribution in [3.63, 3.8) is 0 Å². The summed E-state index contributed by atoms with van der Waals surface area (Å²) in [6.07, 6.45) is 6.62. The number of carbonyl (C=O) groups excluding carboxylic acids is 3. The van der Waals surface area contributed by atoms with Crippen LogP contribution in [0, 0.1) is 11.8 Å². The molecule has 1 spiro atoms. The number of aliphatic hydroxyl groups excluding tert-OH is 1. The molecule has 212 valence electrons. The van der Waals surface area contributed by atoms with Gasteiger partial charge in [0.05, 0.1) is 30.6 Å². The molecular weight excluding hydrogens is 494 g/mol. The molecule has 3 aliphatic heterocycles. The molecule has 2 bridgehead atoms. The van der Waals surface area contributed by atoms with Gasteiger partial charge < -0.3 is 24.5 Å². The van der Waals surface area contributed by atoms with Crippen LogP contribution in [-0.2, 0) is 19.1 Å². The standard InChI is InChI=1S/C31H43N3O5/c1-5-9-20-33(19-8-4)30(38)27-31-16-15-24(39-31)25(28(36)32(17-6-2)18-7-3)26(31)29(37)34(27)23(21-35)22-13-11-10-12-14-22/h6,8,10-14,23-27,35H,2,4-5,7,9,15-21H2,1,3H3/t23-,24-,25+,26+,27?,31?/m1/s1. The molecule has 3 amide bonds. The second kappa shape index (κ2) is 12.5. The minimum Gasteiger partial charge on any atom is -0.394 e. The van der Waals surface area contributed by atoms with Gasteiger partial charge in [0, 0.05) is 26.2 Å². The Kier molecular flexibility index (Phi) is 9.28. The molecule has 8 nitrogen and oxygen atoms in total. The number of nitrogens with zero attached hydrogens (tertiary/aromatic N) is 3. The summed E-state index contributed by atoms with van der Waals surface area (Å²) in [4.78, 5) is 47.8. The Morgan fingerprint density at radius 2 is 1.77 bits per heavy atom. The number of amides is 3.